The molecule has 6 nitrogen and oxygen atoms in total. The normalized spacial score (nSPS) is 13.0. The number of ketones is 1. The Bertz CT molecular complexity index is 1140. The van der Waals surface area contributed by atoms with Gasteiger partial charge in [-0.25, -0.2) is 0 Å². The minimum atomic E-state index is -0.113. The Hall–Kier alpha value is -3.41. The molecule has 1 aliphatic rings. The topological polar surface area (TPSA) is 80.3 Å². The quantitative estimate of drug-likeness (QED) is 0.432. The van der Waals surface area contributed by atoms with E-state index in [1.807, 2.05) is 49.4 Å². The number of methoxy groups -OCH3 is 1. The molecule has 1 saturated carbocycles. The number of anilines is 1. The number of rotatable bonds is 11. The summed E-state index contributed by atoms with van der Waals surface area (Å²) in [6, 6.07) is 14.2. The number of carbonyl (C=O) groups is 2. The number of amides is 1. The molecule has 0 aliphatic heterocycles. The first kappa shape index (κ1) is 22.8. The molecule has 0 bridgehead atoms. The lowest BCUT2D eigenvalue weighted by molar-refractivity contribution is -0.119. The summed E-state index contributed by atoms with van der Waals surface area (Å²) in [6.45, 7) is 2.60. The molecular weight excluding hydrogens is 414 g/mol. The fourth-order valence-corrected chi connectivity index (χ4v) is 3.97. The Morgan fingerprint density at radius 3 is 2.61 bits per heavy atom. The molecular formula is C27H31N3O3. The van der Waals surface area contributed by atoms with Crippen LogP contribution in [0.25, 0.3) is 10.9 Å². The van der Waals surface area contributed by atoms with Gasteiger partial charge in [-0.1, -0.05) is 37.3 Å². The maximum absolute atomic E-state index is 13.0. The number of hydrogen-bond donors (Lipinski definition) is 2. The number of nitrogens with zero attached hydrogens (tertiary/aromatic N) is 1. The number of hydrogen-bond acceptors (Lipinski definition) is 5. The van der Waals surface area contributed by atoms with Crippen LogP contribution in [0.5, 0.6) is 5.75 Å². The van der Waals surface area contributed by atoms with Gasteiger partial charge in [-0.05, 0) is 42.9 Å². The van der Waals surface area contributed by atoms with Crippen molar-refractivity contribution in [1.82, 2.24) is 10.3 Å². The van der Waals surface area contributed by atoms with Gasteiger partial charge in [0.2, 0.25) is 0 Å². The van der Waals surface area contributed by atoms with Crippen LogP contribution in [0.4, 0.5) is 5.69 Å². The number of benzene rings is 2. The van der Waals surface area contributed by atoms with E-state index in [1.165, 1.54) is 0 Å². The second kappa shape index (κ2) is 10.5. The molecule has 1 aromatic heterocycles. The predicted octanol–water partition coefficient (Wildman–Crippen LogP) is 5.05. The first-order valence-electron chi connectivity index (χ1n) is 11.7. The first-order valence-corrected chi connectivity index (χ1v) is 11.7. The third-order valence-electron chi connectivity index (χ3n) is 5.94. The largest absolute Gasteiger partial charge is 0.496 e. The molecule has 0 unspecified atom stereocenters. The van der Waals surface area contributed by atoms with Gasteiger partial charge < -0.3 is 15.4 Å². The standard InChI is InChI=1S/C27H31N3O3/c1-3-7-21(31)13-10-19-14-22-24(15-25(19)33-2)28-17-23(27(32)30-20-11-12-20)26(22)29-16-18-8-5-4-6-9-18/h4-6,8-9,14-15,17,20H,3,7,10-13,16H2,1-2H3,(H,28,29)(H,30,32). The average Bonchev–Trinajstić information content (AvgIpc) is 3.65. The van der Waals surface area contributed by atoms with E-state index in [2.05, 4.69) is 15.6 Å². The Morgan fingerprint density at radius 1 is 1.12 bits per heavy atom. The molecule has 4 rings (SSSR count). The van der Waals surface area contributed by atoms with Crippen molar-refractivity contribution in [2.75, 3.05) is 12.4 Å². The maximum Gasteiger partial charge on any atom is 0.255 e. The summed E-state index contributed by atoms with van der Waals surface area (Å²) in [5, 5.41) is 7.42. The number of nitrogens with one attached hydrogen (secondary N) is 2. The monoisotopic (exact) mass is 445 g/mol. The molecule has 0 atom stereocenters. The van der Waals surface area contributed by atoms with Crippen LogP contribution >= 0.6 is 0 Å². The van der Waals surface area contributed by atoms with Crippen LogP contribution in [-0.2, 0) is 17.8 Å². The summed E-state index contributed by atoms with van der Waals surface area (Å²) in [5.74, 6) is 0.846. The second-order valence-electron chi connectivity index (χ2n) is 8.60. The van der Waals surface area contributed by atoms with E-state index in [1.54, 1.807) is 13.3 Å². The molecule has 2 N–H and O–H groups in total. The fourth-order valence-electron chi connectivity index (χ4n) is 3.97. The van der Waals surface area contributed by atoms with Gasteiger partial charge >= 0.3 is 0 Å². The van der Waals surface area contributed by atoms with Crippen LogP contribution in [0, 0.1) is 0 Å². The van der Waals surface area contributed by atoms with Gasteiger partial charge in [0.1, 0.15) is 11.5 Å². The molecule has 0 spiro atoms. The molecule has 1 heterocycles. The summed E-state index contributed by atoms with van der Waals surface area (Å²) >= 11 is 0. The Labute approximate surface area is 194 Å². The lowest BCUT2D eigenvalue weighted by Gasteiger charge is -2.17. The van der Waals surface area contributed by atoms with Gasteiger partial charge in [-0.15, -0.1) is 0 Å². The second-order valence-corrected chi connectivity index (χ2v) is 8.60. The van der Waals surface area contributed by atoms with Gasteiger partial charge in [0, 0.05) is 43.1 Å². The predicted molar refractivity (Wildman–Crippen MR) is 131 cm³/mol. The Balaban J connectivity index is 1.72. The van der Waals surface area contributed by atoms with Crippen molar-refractivity contribution in [2.24, 2.45) is 0 Å². The molecule has 2 aromatic carbocycles. The zero-order chi connectivity index (χ0) is 23.2. The van der Waals surface area contributed by atoms with E-state index in [4.69, 9.17) is 4.74 Å². The van der Waals surface area contributed by atoms with Crippen molar-refractivity contribution in [3.8, 4) is 5.75 Å². The molecule has 3 aromatic rings. The molecule has 1 fully saturated rings. The van der Waals surface area contributed by atoms with Crippen LogP contribution in [0.1, 0.15) is 60.5 Å². The maximum atomic E-state index is 13.0. The number of Topliss-reactive ketones (excluding diaryl/α,β-unsaturated/α-hetero) is 1. The molecule has 1 amide bonds. The lowest BCUT2D eigenvalue weighted by atomic mass is 10.00. The highest BCUT2D eigenvalue weighted by Crippen LogP contribution is 2.33. The van der Waals surface area contributed by atoms with Crippen molar-refractivity contribution >= 4 is 28.3 Å². The fraction of sp³-hybridized carbons (Fsp3) is 0.370. The van der Waals surface area contributed by atoms with Crippen LogP contribution in [0.15, 0.2) is 48.7 Å². The zero-order valence-corrected chi connectivity index (χ0v) is 19.3. The summed E-state index contributed by atoms with van der Waals surface area (Å²) in [6.07, 6.45) is 6.18. The van der Waals surface area contributed by atoms with Crippen LogP contribution < -0.4 is 15.4 Å². The van der Waals surface area contributed by atoms with Crippen LogP contribution in [0.2, 0.25) is 0 Å². The van der Waals surface area contributed by atoms with E-state index in [-0.39, 0.29) is 17.7 Å². The van der Waals surface area contributed by atoms with Crippen molar-refractivity contribution in [2.45, 2.75) is 58.0 Å². The third kappa shape index (κ3) is 5.69. The Kier molecular flexibility index (Phi) is 7.23. The zero-order valence-electron chi connectivity index (χ0n) is 19.3. The Morgan fingerprint density at radius 2 is 1.91 bits per heavy atom. The number of fused-ring (bicyclic) bond motifs is 1. The number of ether oxygens (including phenoxy) is 1. The highest BCUT2D eigenvalue weighted by molar-refractivity contribution is 6.07. The number of pyridine rings is 1. The molecule has 0 saturated heterocycles. The van der Waals surface area contributed by atoms with E-state index in [0.717, 1.165) is 47.0 Å². The number of aromatic nitrogens is 1. The van der Waals surface area contributed by atoms with E-state index >= 15 is 0 Å². The van der Waals surface area contributed by atoms with Crippen LogP contribution in [0.3, 0.4) is 0 Å². The van der Waals surface area contributed by atoms with Crippen molar-refractivity contribution < 1.29 is 14.3 Å². The van der Waals surface area contributed by atoms with E-state index < -0.39 is 0 Å². The molecule has 172 valence electrons. The highest BCUT2D eigenvalue weighted by atomic mass is 16.5. The van der Waals surface area contributed by atoms with Gasteiger partial charge in [0.25, 0.3) is 5.91 Å². The molecule has 33 heavy (non-hydrogen) atoms. The molecule has 6 heteroatoms. The molecule has 1 aliphatic carbocycles. The van der Waals surface area contributed by atoms with Gasteiger partial charge in [-0.2, -0.15) is 0 Å². The average molecular weight is 446 g/mol. The first-order chi connectivity index (χ1) is 16.1. The summed E-state index contributed by atoms with van der Waals surface area (Å²) in [5.41, 5.74) is 4.09. The van der Waals surface area contributed by atoms with Gasteiger partial charge in [-0.3, -0.25) is 14.6 Å². The van der Waals surface area contributed by atoms with Gasteiger partial charge in [0.05, 0.1) is 23.9 Å². The van der Waals surface area contributed by atoms with Crippen molar-refractivity contribution in [1.29, 1.82) is 0 Å². The number of carbonyl (C=O) groups excluding carboxylic acids is 2. The summed E-state index contributed by atoms with van der Waals surface area (Å²) in [4.78, 5) is 29.7. The van der Waals surface area contributed by atoms with E-state index in [0.29, 0.717) is 37.1 Å². The van der Waals surface area contributed by atoms with Crippen LogP contribution in [-0.4, -0.2) is 29.8 Å². The third-order valence-corrected chi connectivity index (χ3v) is 5.94. The lowest BCUT2D eigenvalue weighted by Crippen LogP contribution is -2.26. The van der Waals surface area contributed by atoms with Gasteiger partial charge in [0.15, 0.2) is 0 Å². The summed E-state index contributed by atoms with van der Waals surface area (Å²) in [7, 11) is 1.63. The van der Waals surface area contributed by atoms with Crippen molar-refractivity contribution in [3.05, 3.63) is 65.4 Å². The van der Waals surface area contributed by atoms with E-state index in [9.17, 15) is 9.59 Å². The highest BCUT2D eigenvalue weighted by Gasteiger charge is 2.26. The minimum Gasteiger partial charge on any atom is -0.496 e. The SMILES string of the molecule is CCCC(=O)CCc1cc2c(NCc3ccccc3)c(C(=O)NC3CC3)cnc2cc1OC. The number of aryl methyl sites for hydroxylation is 1. The molecule has 0 radical (unpaired) electrons. The minimum absolute atomic E-state index is 0.113. The van der Waals surface area contributed by atoms with Crippen molar-refractivity contribution in [3.63, 3.8) is 0 Å². The smallest absolute Gasteiger partial charge is 0.255 e. The summed E-state index contributed by atoms with van der Waals surface area (Å²) < 4.78 is 5.60.